The molecule has 0 spiro atoms. The molecule has 1 aromatic carbocycles. The first-order chi connectivity index (χ1) is 9.56. The van der Waals surface area contributed by atoms with E-state index < -0.39 is 17.7 Å². The van der Waals surface area contributed by atoms with Gasteiger partial charge in [-0.3, -0.25) is 9.69 Å². The van der Waals surface area contributed by atoms with Crippen molar-refractivity contribution in [1.29, 1.82) is 0 Å². The van der Waals surface area contributed by atoms with Crippen molar-refractivity contribution in [3.05, 3.63) is 35.4 Å². The molecule has 1 amide bonds. The molecular weight excluding hydrogens is 262 g/mol. The Hall–Kier alpha value is -1.49. The largest absolute Gasteiger partial charge is 0.348 e. The van der Waals surface area contributed by atoms with Crippen molar-refractivity contribution >= 4 is 5.91 Å². The van der Waals surface area contributed by atoms with Gasteiger partial charge in [0.15, 0.2) is 0 Å². The molecule has 1 fully saturated rings. The molecule has 1 aromatic rings. The van der Waals surface area contributed by atoms with Crippen LogP contribution in [0.5, 0.6) is 0 Å². The minimum atomic E-state index is -0.629. The molecule has 0 aromatic heterocycles. The van der Waals surface area contributed by atoms with E-state index >= 15 is 0 Å². The van der Waals surface area contributed by atoms with Gasteiger partial charge in [-0.05, 0) is 38.9 Å². The Bertz CT molecular complexity index is 473. The fourth-order valence-corrected chi connectivity index (χ4v) is 2.54. The quantitative estimate of drug-likeness (QED) is 0.920. The number of halogens is 2. The van der Waals surface area contributed by atoms with Gasteiger partial charge in [-0.25, -0.2) is 8.78 Å². The van der Waals surface area contributed by atoms with E-state index in [1.807, 2.05) is 0 Å². The second-order valence-corrected chi connectivity index (χ2v) is 5.29. The first-order valence-electron chi connectivity index (χ1n) is 7.03. The summed E-state index contributed by atoms with van der Waals surface area (Å²) in [4.78, 5) is 14.0. The van der Waals surface area contributed by atoms with Crippen LogP contribution in [0.2, 0.25) is 0 Å². The van der Waals surface area contributed by atoms with Crippen molar-refractivity contribution in [2.75, 3.05) is 19.6 Å². The zero-order chi connectivity index (χ0) is 14.5. The molecule has 5 heteroatoms. The average molecular weight is 282 g/mol. The Morgan fingerprint density at radius 2 is 2.00 bits per heavy atom. The molecule has 0 aliphatic carbocycles. The molecule has 0 radical (unpaired) electrons. The second-order valence-electron chi connectivity index (χ2n) is 5.29. The van der Waals surface area contributed by atoms with Crippen LogP contribution >= 0.6 is 0 Å². The molecule has 1 unspecified atom stereocenters. The number of nitrogens with one attached hydrogen (secondary N) is 1. The Balaban J connectivity index is 1.89. The highest BCUT2D eigenvalue weighted by Gasteiger charge is 2.17. The number of carbonyl (C=O) groups is 1. The molecule has 2 rings (SSSR count). The maximum Gasteiger partial charge on any atom is 0.234 e. The lowest BCUT2D eigenvalue weighted by Gasteiger charge is -2.26. The Kier molecular flexibility index (Phi) is 5.06. The molecule has 110 valence electrons. The zero-order valence-electron chi connectivity index (χ0n) is 11.7. The smallest absolute Gasteiger partial charge is 0.234 e. The zero-order valence-corrected chi connectivity index (χ0v) is 11.7. The van der Waals surface area contributed by atoms with Gasteiger partial charge < -0.3 is 5.32 Å². The van der Waals surface area contributed by atoms with Crippen LogP contribution in [-0.2, 0) is 4.79 Å². The summed E-state index contributed by atoms with van der Waals surface area (Å²) < 4.78 is 26.5. The normalized spacial score (nSPS) is 17.8. The number of benzene rings is 1. The van der Waals surface area contributed by atoms with Gasteiger partial charge in [-0.2, -0.15) is 0 Å². The molecule has 1 heterocycles. The number of piperidine rings is 1. The lowest BCUT2D eigenvalue weighted by Crippen LogP contribution is -2.40. The van der Waals surface area contributed by atoms with Crippen LogP contribution in [0.25, 0.3) is 0 Å². The number of hydrogen-bond acceptors (Lipinski definition) is 2. The molecule has 0 saturated carbocycles. The molecule has 1 atom stereocenters. The minimum absolute atomic E-state index is 0.122. The molecule has 1 aliphatic rings. The minimum Gasteiger partial charge on any atom is -0.348 e. The Morgan fingerprint density at radius 3 is 2.65 bits per heavy atom. The van der Waals surface area contributed by atoms with E-state index in [1.165, 1.54) is 18.6 Å². The number of rotatable bonds is 4. The summed E-state index contributed by atoms with van der Waals surface area (Å²) in [6, 6.07) is 2.94. The highest BCUT2D eigenvalue weighted by atomic mass is 19.1. The lowest BCUT2D eigenvalue weighted by atomic mass is 10.1. The van der Waals surface area contributed by atoms with Crippen LogP contribution in [0.15, 0.2) is 18.2 Å². The van der Waals surface area contributed by atoms with Crippen molar-refractivity contribution in [2.24, 2.45) is 0 Å². The van der Waals surface area contributed by atoms with Crippen LogP contribution in [-0.4, -0.2) is 30.4 Å². The standard InChI is InChI=1S/C15H20F2N2O/c1-11(13-6-5-12(16)9-14(13)17)18-15(20)10-19-7-3-2-4-8-19/h5-6,9,11H,2-4,7-8,10H2,1H3,(H,18,20). The summed E-state index contributed by atoms with van der Waals surface area (Å²) in [7, 11) is 0. The monoisotopic (exact) mass is 282 g/mol. The molecule has 1 saturated heterocycles. The highest BCUT2D eigenvalue weighted by molar-refractivity contribution is 5.78. The molecule has 1 N–H and O–H groups in total. The van der Waals surface area contributed by atoms with Crippen LogP contribution in [0.1, 0.15) is 37.8 Å². The first kappa shape index (κ1) is 14.9. The summed E-state index contributed by atoms with van der Waals surface area (Å²) in [6.45, 7) is 3.91. The highest BCUT2D eigenvalue weighted by Crippen LogP contribution is 2.17. The fourth-order valence-electron chi connectivity index (χ4n) is 2.54. The van der Waals surface area contributed by atoms with Gasteiger partial charge in [0.05, 0.1) is 12.6 Å². The fraction of sp³-hybridized carbons (Fsp3) is 0.533. The third-order valence-electron chi connectivity index (χ3n) is 3.62. The SMILES string of the molecule is CC(NC(=O)CN1CCCCC1)c1ccc(F)cc1F. The summed E-state index contributed by atoms with van der Waals surface area (Å²) in [5, 5.41) is 2.76. The van der Waals surface area contributed by atoms with Crippen molar-refractivity contribution in [2.45, 2.75) is 32.2 Å². The van der Waals surface area contributed by atoms with Gasteiger partial charge in [0.1, 0.15) is 11.6 Å². The number of likely N-dealkylation sites (tertiary alicyclic amines) is 1. The Labute approximate surface area is 118 Å². The van der Waals surface area contributed by atoms with E-state index in [2.05, 4.69) is 10.2 Å². The van der Waals surface area contributed by atoms with Crippen LogP contribution in [0.4, 0.5) is 8.78 Å². The molecular formula is C15H20F2N2O. The van der Waals surface area contributed by atoms with E-state index in [0.29, 0.717) is 12.1 Å². The van der Waals surface area contributed by atoms with Gasteiger partial charge >= 0.3 is 0 Å². The van der Waals surface area contributed by atoms with Crippen molar-refractivity contribution in [3.63, 3.8) is 0 Å². The number of amides is 1. The van der Waals surface area contributed by atoms with Crippen molar-refractivity contribution < 1.29 is 13.6 Å². The van der Waals surface area contributed by atoms with Crippen LogP contribution < -0.4 is 5.32 Å². The van der Waals surface area contributed by atoms with E-state index in [4.69, 9.17) is 0 Å². The third kappa shape index (κ3) is 4.00. The molecule has 1 aliphatic heterocycles. The van der Waals surface area contributed by atoms with Gasteiger partial charge in [0.25, 0.3) is 0 Å². The Morgan fingerprint density at radius 1 is 1.30 bits per heavy atom. The van der Waals surface area contributed by atoms with E-state index in [0.717, 1.165) is 32.0 Å². The van der Waals surface area contributed by atoms with Gasteiger partial charge in [0, 0.05) is 11.6 Å². The molecule has 3 nitrogen and oxygen atoms in total. The van der Waals surface area contributed by atoms with E-state index in [-0.39, 0.29) is 5.91 Å². The maximum atomic E-state index is 13.6. The number of hydrogen-bond donors (Lipinski definition) is 1. The summed E-state index contributed by atoms with van der Waals surface area (Å²) in [6.07, 6.45) is 3.46. The lowest BCUT2D eigenvalue weighted by molar-refractivity contribution is -0.123. The molecule has 0 bridgehead atoms. The summed E-state index contributed by atoms with van der Waals surface area (Å²) >= 11 is 0. The third-order valence-corrected chi connectivity index (χ3v) is 3.62. The van der Waals surface area contributed by atoms with Crippen LogP contribution in [0, 0.1) is 11.6 Å². The molecule has 20 heavy (non-hydrogen) atoms. The predicted molar refractivity (Wildman–Crippen MR) is 73.2 cm³/mol. The van der Waals surface area contributed by atoms with Gasteiger partial charge in [0.2, 0.25) is 5.91 Å². The maximum absolute atomic E-state index is 13.6. The summed E-state index contributed by atoms with van der Waals surface area (Å²) in [5.74, 6) is -1.36. The van der Waals surface area contributed by atoms with Crippen molar-refractivity contribution in [3.8, 4) is 0 Å². The number of nitrogens with zero attached hydrogens (tertiary/aromatic N) is 1. The topological polar surface area (TPSA) is 32.3 Å². The van der Waals surface area contributed by atoms with Gasteiger partial charge in [-0.1, -0.05) is 12.5 Å². The van der Waals surface area contributed by atoms with E-state index in [9.17, 15) is 13.6 Å². The van der Waals surface area contributed by atoms with Crippen molar-refractivity contribution in [1.82, 2.24) is 10.2 Å². The first-order valence-corrected chi connectivity index (χ1v) is 7.03. The predicted octanol–water partition coefficient (Wildman–Crippen LogP) is 2.63. The average Bonchev–Trinajstić information content (AvgIpc) is 2.39. The van der Waals surface area contributed by atoms with E-state index in [1.54, 1.807) is 6.92 Å². The van der Waals surface area contributed by atoms with Gasteiger partial charge in [-0.15, -0.1) is 0 Å². The summed E-state index contributed by atoms with van der Waals surface area (Å²) in [5.41, 5.74) is 0.304. The van der Waals surface area contributed by atoms with Crippen LogP contribution in [0.3, 0.4) is 0 Å². The number of carbonyl (C=O) groups excluding carboxylic acids is 1. The second kappa shape index (κ2) is 6.79.